The zero-order valence-corrected chi connectivity index (χ0v) is 23.1. The molecule has 0 fully saturated rings. The maximum Gasteiger partial charge on any atom is 0.573 e. The number of carbonyl (C=O) groups is 2. The molecule has 0 radical (unpaired) electrons. The van der Waals surface area contributed by atoms with E-state index in [-0.39, 0.29) is 36.9 Å². The van der Waals surface area contributed by atoms with Crippen molar-refractivity contribution in [2.75, 3.05) is 6.54 Å². The molecule has 11 heteroatoms. The van der Waals surface area contributed by atoms with Crippen LogP contribution in [0.1, 0.15) is 37.5 Å². The fraction of sp³-hybridized carbons (Fsp3) is 0.219. The molecule has 0 bridgehead atoms. The molecule has 4 rings (SSSR count). The summed E-state index contributed by atoms with van der Waals surface area (Å²) in [5.41, 5.74) is 2.63. The molecule has 2 amide bonds. The molecule has 0 aliphatic carbocycles. The maximum atomic E-state index is 13.3. The van der Waals surface area contributed by atoms with Gasteiger partial charge in [-0.05, 0) is 60.0 Å². The minimum atomic E-state index is -4.80. The van der Waals surface area contributed by atoms with E-state index in [0.29, 0.717) is 23.2 Å². The summed E-state index contributed by atoms with van der Waals surface area (Å²) in [5, 5.41) is 19.7. The van der Waals surface area contributed by atoms with E-state index in [9.17, 15) is 27.9 Å². The Bertz CT molecular complexity index is 1490. The molecule has 0 aliphatic heterocycles. The van der Waals surface area contributed by atoms with Gasteiger partial charge in [-0.25, -0.2) is 0 Å². The minimum Gasteiger partial charge on any atom is -0.406 e. The second kappa shape index (κ2) is 14.9. The number of rotatable bonds is 13. The standard InChI is InChI=1S/C32H31F3N4O4/c33-32(34,35)43-27-14-6-10-23(16-27)19-36-21-29(40)28(17-22-8-2-1-3-9-22)39-31(42)25-12-7-11-24(18-25)30(41)38-20-26-13-4-5-15-37-26/h1-16,18,28-29,36,40H,17,19-21H2,(H,38,41)(H,39,42)/t28-,29+/m0/s1. The minimum absolute atomic E-state index is 0.0398. The molecule has 0 spiro atoms. The number of amides is 2. The van der Waals surface area contributed by atoms with Crippen LogP contribution in [-0.4, -0.2) is 47.0 Å². The van der Waals surface area contributed by atoms with E-state index < -0.39 is 24.4 Å². The summed E-state index contributed by atoms with van der Waals surface area (Å²) < 4.78 is 41.6. The molecule has 0 unspecified atom stereocenters. The normalized spacial score (nSPS) is 12.7. The lowest BCUT2D eigenvalue weighted by atomic mass is 10.00. The highest BCUT2D eigenvalue weighted by Crippen LogP contribution is 2.23. The number of halogens is 3. The SMILES string of the molecule is O=C(NCc1ccccn1)c1cccc(C(=O)N[C@@H](Cc2ccccc2)[C@H](O)CNCc2cccc(OC(F)(F)F)c2)c1. The first-order chi connectivity index (χ1) is 20.7. The van der Waals surface area contributed by atoms with Crippen molar-refractivity contribution in [3.63, 3.8) is 0 Å². The number of aliphatic hydroxyl groups is 1. The molecular weight excluding hydrogens is 561 g/mol. The maximum absolute atomic E-state index is 13.3. The van der Waals surface area contributed by atoms with Gasteiger partial charge in [0.05, 0.1) is 24.4 Å². The average Bonchev–Trinajstić information content (AvgIpc) is 3.00. The number of alkyl halides is 3. The van der Waals surface area contributed by atoms with E-state index in [4.69, 9.17) is 0 Å². The van der Waals surface area contributed by atoms with Crippen LogP contribution in [0, 0.1) is 0 Å². The van der Waals surface area contributed by atoms with Crippen LogP contribution in [0.5, 0.6) is 5.75 Å². The van der Waals surface area contributed by atoms with Gasteiger partial charge in [0.2, 0.25) is 0 Å². The van der Waals surface area contributed by atoms with Crippen molar-refractivity contribution in [3.8, 4) is 5.75 Å². The molecule has 0 aliphatic rings. The van der Waals surface area contributed by atoms with Crippen LogP contribution in [0.25, 0.3) is 0 Å². The Hall–Kier alpha value is -4.74. The van der Waals surface area contributed by atoms with Gasteiger partial charge in [-0.3, -0.25) is 14.6 Å². The molecule has 0 saturated heterocycles. The van der Waals surface area contributed by atoms with Gasteiger partial charge in [-0.2, -0.15) is 0 Å². The topological polar surface area (TPSA) is 113 Å². The number of aromatic nitrogens is 1. The molecule has 2 atom stereocenters. The fourth-order valence-electron chi connectivity index (χ4n) is 4.34. The first-order valence-corrected chi connectivity index (χ1v) is 13.5. The number of pyridine rings is 1. The highest BCUT2D eigenvalue weighted by Gasteiger charge is 2.31. The van der Waals surface area contributed by atoms with Gasteiger partial charge in [-0.15, -0.1) is 13.2 Å². The molecule has 4 aromatic rings. The van der Waals surface area contributed by atoms with E-state index in [1.807, 2.05) is 36.4 Å². The smallest absolute Gasteiger partial charge is 0.406 e. The second-order valence-corrected chi connectivity index (χ2v) is 9.75. The Kier molecular flexibility index (Phi) is 10.8. The number of benzene rings is 3. The number of nitrogens with one attached hydrogen (secondary N) is 3. The van der Waals surface area contributed by atoms with Crippen molar-refractivity contribution >= 4 is 11.8 Å². The molecule has 4 N–H and O–H groups in total. The van der Waals surface area contributed by atoms with E-state index in [0.717, 1.165) is 5.56 Å². The van der Waals surface area contributed by atoms with Crippen molar-refractivity contribution in [1.82, 2.24) is 20.9 Å². The zero-order chi connectivity index (χ0) is 30.7. The van der Waals surface area contributed by atoms with Crippen LogP contribution >= 0.6 is 0 Å². The molecular formula is C32H31F3N4O4. The quantitative estimate of drug-likeness (QED) is 0.183. The molecule has 0 saturated carbocycles. The number of aliphatic hydroxyl groups excluding tert-OH is 1. The Morgan fingerprint density at radius 3 is 2.23 bits per heavy atom. The number of hydrogen-bond acceptors (Lipinski definition) is 6. The lowest BCUT2D eigenvalue weighted by molar-refractivity contribution is -0.274. The third kappa shape index (κ3) is 10.2. The van der Waals surface area contributed by atoms with Gasteiger partial charge in [0, 0.05) is 30.4 Å². The first kappa shape index (κ1) is 31.2. The Labute approximate surface area is 246 Å². The Morgan fingerprint density at radius 2 is 1.51 bits per heavy atom. The van der Waals surface area contributed by atoms with E-state index in [1.165, 1.54) is 24.3 Å². The highest BCUT2D eigenvalue weighted by molar-refractivity contribution is 5.99. The Morgan fingerprint density at radius 1 is 0.814 bits per heavy atom. The van der Waals surface area contributed by atoms with Crippen LogP contribution in [0.2, 0.25) is 0 Å². The van der Waals surface area contributed by atoms with E-state index in [1.54, 1.807) is 42.6 Å². The molecule has 3 aromatic carbocycles. The highest BCUT2D eigenvalue weighted by atomic mass is 19.4. The number of ether oxygens (including phenoxy) is 1. The van der Waals surface area contributed by atoms with E-state index >= 15 is 0 Å². The van der Waals surface area contributed by atoms with Crippen molar-refractivity contribution in [1.29, 1.82) is 0 Å². The lowest BCUT2D eigenvalue weighted by Gasteiger charge is -2.25. The van der Waals surface area contributed by atoms with Crippen LogP contribution in [0.3, 0.4) is 0 Å². The van der Waals surface area contributed by atoms with Gasteiger partial charge in [0.15, 0.2) is 0 Å². The van der Waals surface area contributed by atoms with Crippen LogP contribution < -0.4 is 20.7 Å². The van der Waals surface area contributed by atoms with Gasteiger partial charge < -0.3 is 25.8 Å². The largest absolute Gasteiger partial charge is 0.573 e. The summed E-state index contributed by atoms with van der Waals surface area (Å²) in [6.07, 6.45) is -3.90. The van der Waals surface area contributed by atoms with Gasteiger partial charge in [0.25, 0.3) is 11.8 Å². The third-order valence-corrected chi connectivity index (χ3v) is 6.44. The Balaban J connectivity index is 1.39. The van der Waals surface area contributed by atoms with Crippen molar-refractivity contribution in [2.24, 2.45) is 0 Å². The van der Waals surface area contributed by atoms with Gasteiger partial charge in [0.1, 0.15) is 5.75 Å². The van der Waals surface area contributed by atoms with Crippen molar-refractivity contribution in [2.45, 2.75) is 38.0 Å². The van der Waals surface area contributed by atoms with Gasteiger partial charge >= 0.3 is 6.36 Å². The fourth-order valence-corrected chi connectivity index (χ4v) is 4.34. The van der Waals surface area contributed by atoms with Crippen molar-refractivity contribution < 1.29 is 32.6 Å². The summed E-state index contributed by atoms with van der Waals surface area (Å²) >= 11 is 0. The summed E-state index contributed by atoms with van der Waals surface area (Å²) in [5.74, 6) is -1.18. The molecule has 224 valence electrons. The predicted octanol–water partition coefficient (Wildman–Crippen LogP) is 4.40. The molecule has 1 aromatic heterocycles. The molecule has 8 nitrogen and oxygen atoms in total. The lowest BCUT2D eigenvalue weighted by Crippen LogP contribution is -2.48. The summed E-state index contributed by atoms with van der Waals surface area (Å²) in [7, 11) is 0. The number of nitrogens with zero attached hydrogens (tertiary/aromatic N) is 1. The monoisotopic (exact) mass is 592 g/mol. The molecule has 43 heavy (non-hydrogen) atoms. The van der Waals surface area contributed by atoms with Crippen molar-refractivity contribution in [3.05, 3.63) is 131 Å². The molecule has 1 heterocycles. The van der Waals surface area contributed by atoms with Crippen LogP contribution in [0.15, 0.2) is 103 Å². The summed E-state index contributed by atoms with van der Waals surface area (Å²) in [6, 6.07) is 25.8. The number of hydrogen-bond donors (Lipinski definition) is 4. The van der Waals surface area contributed by atoms with Gasteiger partial charge in [-0.1, -0.05) is 54.6 Å². The summed E-state index contributed by atoms with van der Waals surface area (Å²) in [6.45, 7) is 0.431. The second-order valence-electron chi connectivity index (χ2n) is 9.75. The number of carbonyl (C=O) groups excluding carboxylic acids is 2. The third-order valence-electron chi connectivity index (χ3n) is 6.44. The van der Waals surface area contributed by atoms with E-state index in [2.05, 4.69) is 25.7 Å². The van der Waals surface area contributed by atoms with Crippen LogP contribution in [-0.2, 0) is 19.5 Å². The predicted molar refractivity (Wildman–Crippen MR) is 154 cm³/mol. The zero-order valence-electron chi connectivity index (χ0n) is 23.1. The average molecular weight is 593 g/mol. The summed E-state index contributed by atoms with van der Waals surface area (Å²) in [4.78, 5) is 30.1. The van der Waals surface area contributed by atoms with Crippen LogP contribution in [0.4, 0.5) is 13.2 Å². The first-order valence-electron chi connectivity index (χ1n) is 13.5.